The molecule has 0 saturated carbocycles. The van der Waals surface area contributed by atoms with Crippen molar-refractivity contribution < 1.29 is 24.2 Å². The van der Waals surface area contributed by atoms with Gasteiger partial charge in [0.05, 0.1) is 6.42 Å². The number of nitrogens with two attached hydrogens (primary N) is 1. The first kappa shape index (κ1) is 52.1. The Morgan fingerprint density at radius 2 is 0.964 bits per heavy atom. The van der Waals surface area contributed by atoms with Crippen molar-refractivity contribution in [2.45, 2.75) is 219 Å². The van der Waals surface area contributed by atoms with E-state index in [1.165, 1.54) is 83.5 Å². The molecule has 0 aliphatic carbocycles. The molecule has 0 fully saturated rings. The number of carboxylic acids is 1. The predicted octanol–water partition coefficient (Wildman–Crippen LogP) is 13.0. The predicted molar refractivity (Wildman–Crippen MR) is 234 cm³/mol. The summed E-state index contributed by atoms with van der Waals surface area (Å²) in [6.07, 6.45) is 52.8. The first-order valence-corrected chi connectivity index (χ1v) is 22.6. The Morgan fingerprint density at radius 3 is 1.40 bits per heavy atom. The normalized spacial score (nSPS) is 13.2. The molecule has 2 atom stereocenters. The lowest BCUT2D eigenvalue weighted by Gasteiger charge is -2.18. The van der Waals surface area contributed by atoms with Crippen LogP contribution in [0.15, 0.2) is 60.8 Å². The van der Waals surface area contributed by atoms with Crippen molar-refractivity contribution in [1.29, 1.82) is 0 Å². The number of carbonyl (C=O) groups excluding carboxylic acids is 2. The van der Waals surface area contributed by atoms with Gasteiger partial charge in [-0.2, -0.15) is 0 Å². The van der Waals surface area contributed by atoms with Gasteiger partial charge in [0.15, 0.2) is 0 Å². The number of hydrogen-bond acceptors (Lipinski definition) is 5. The van der Waals surface area contributed by atoms with Crippen molar-refractivity contribution in [3.8, 4) is 0 Å². The minimum absolute atomic E-state index is 0.0418. The number of hydrogen-bond donors (Lipinski definition) is 3. The average Bonchev–Trinajstić information content (AvgIpc) is 3.17. The summed E-state index contributed by atoms with van der Waals surface area (Å²) in [5.74, 6) is -1.37. The molecule has 7 nitrogen and oxygen atoms in total. The highest BCUT2D eigenvalue weighted by Gasteiger charge is 2.19. The highest BCUT2D eigenvalue weighted by Crippen LogP contribution is 2.18. The summed E-state index contributed by atoms with van der Waals surface area (Å²) >= 11 is 0. The van der Waals surface area contributed by atoms with Crippen LogP contribution in [0.3, 0.4) is 0 Å². The number of unbranched alkanes of at least 4 members (excludes halogenated alkanes) is 17. The Bertz CT molecular complexity index is 1050. The molecule has 7 heteroatoms. The third-order valence-corrected chi connectivity index (χ3v) is 9.88. The van der Waals surface area contributed by atoms with Crippen LogP contribution in [0.1, 0.15) is 206 Å². The van der Waals surface area contributed by atoms with Crippen molar-refractivity contribution in [3.05, 3.63) is 60.8 Å². The summed E-state index contributed by atoms with van der Waals surface area (Å²) < 4.78 is 5.99. The van der Waals surface area contributed by atoms with Crippen LogP contribution in [0.25, 0.3) is 0 Å². The molecule has 0 aromatic rings. The van der Waals surface area contributed by atoms with E-state index in [0.717, 1.165) is 83.5 Å². The van der Waals surface area contributed by atoms with E-state index in [2.05, 4.69) is 67.8 Å². The third kappa shape index (κ3) is 39.1. The molecular formula is C48H84N2O5. The lowest BCUT2D eigenvalue weighted by molar-refractivity contribution is -0.148. The van der Waals surface area contributed by atoms with Crippen molar-refractivity contribution in [1.82, 2.24) is 5.32 Å². The number of carboxylic acid groups (broad SMARTS) is 1. The summed E-state index contributed by atoms with van der Waals surface area (Å²) in [7, 11) is 0. The van der Waals surface area contributed by atoms with Crippen molar-refractivity contribution in [2.24, 2.45) is 5.73 Å². The molecule has 0 radical (unpaired) electrons. The number of amides is 1. The standard InChI is InChI=1S/C48H84N2O5/c1-3-5-7-9-11-13-15-17-19-21-23-25-27-32-36-42-47(52)55-44(38-33-29-26-24-22-20-18-16-14-12-10-8-6-4-2)39-34-30-28-31-35-41-46(51)50-45(48(53)54)40-37-43-49/h5,7,11,13,17,19,23,25,32,36,44-45H,3-4,6,8-10,12,14-16,18,20-22,24,26-31,33-35,37-43,49H2,1-2H3,(H,50,51)(H,53,54)/b7-5-,13-11-,19-17-,25-23-,36-32-. The highest BCUT2D eigenvalue weighted by atomic mass is 16.5. The molecule has 0 aliphatic heterocycles. The van der Waals surface area contributed by atoms with Crippen molar-refractivity contribution >= 4 is 17.8 Å². The first-order chi connectivity index (χ1) is 26.9. The molecule has 2 unspecified atom stereocenters. The summed E-state index contributed by atoms with van der Waals surface area (Å²) in [4.78, 5) is 36.4. The summed E-state index contributed by atoms with van der Waals surface area (Å²) in [5, 5.41) is 11.9. The SMILES string of the molecule is CC/C=C\C/C=C\C/C=C\C/C=C\C/C=C\CC(=O)OC(CCCCCCCCCCCCCCCC)CCCCCCCC(=O)NC(CCCN)C(=O)O. The van der Waals surface area contributed by atoms with Crippen LogP contribution < -0.4 is 11.1 Å². The van der Waals surface area contributed by atoms with E-state index in [4.69, 9.17) is 10.5 Å². The van der Waals surface area contributed by atoms with Gasteiger partial charge in [0.2, 0.25) is 5.91 Å². The van der Waals surface area contributed by atoms with Gasteiger partial charge < -0.3 is 20.9 Å². The quantitative estimate of drug-likeness (QED) is 0.0324. The lowest BCUT2D eigenvalue weighted by atomic mass is 10.0. The van der Waals surface area contributed by atoms with Crippen LogP contribution in [-0.4, -0.2) is 41.6 Å². The van der Waals surface area contributed by atoms with E-state index < -0.39 is 12.0 Å². The minimum atomic E-state index is -1.01. The van der Waals surface area contributed by atoms with Gasteiger partial charge in [-0.3, -0.25) is 9.59 Å². The van der Waals surface area contributed by atoms with E-state index in [1.54, 1.807) is 0 Å². The Balaban J connectivity index is 4.47. The molecular weight excluding hydrogens is 685 g/mol. The van der Waals surface area contributed by atoms with Gasteiger partial charge in [0.25, 0.3) is 0 Å². The molecule has 0 aromatic carbocycles. The molecule has 0 rings (SSSR count). The fourth-order valence-electron chi connectivity index (χ4n) is 6.53. The van der Waals surface area contributed by atoms with Gasteiger partial charge in [0, 0.05) is 6.42 Å². The second kappa shape index (κ2) is 42.2. The largest absolute Gasteiger partial charge is 0.480 e. The summed E-state index contributed by atoms with van der Waals surface area (Å²) in [6.45, 7) is 4.83. The fourth-order valence-corrected chi connectivity index (χ4v) is 6.53. The summed E-state index contributed by atoms with van der Waals surface area (Å²) in [5.41, 5.74) is 5.49. The molecule has 4 N–H and O–H groups in total. The zero-order valence-corrected chi connectivity index (χ0v) is 35.5. The number of esters is 1. The van der Waals surface area contributed by atoms with Gasteiger partial charge in [0.1, 0.15) is 12.1 Å². The van der Waals surface area contributed by atoms with Crippen LogP contribution in [-0.2, 0) is 19.1 Å². The fraction of sp³-hybridized carbons (Fsp3) is 0.729. The van der Waals surface area contributed by atoms with E-state index >= 15 is 0 Å². The average molecular weight is 769 g/mol. The molecule has 316 valence electrons. The maximum atomic E-state index is 12.8. The Morgan fingerprint density at radius 1 is 0.545 bits per heavy atom. The molecule has 0 aromatic heterocycles. The number of allylic oxidation sites excluding steroid dienone is 9. The Hall–Kier alpha value is -2.93. The minimum Gasteiger partial charge on any atom is -0.480 e. The molecule has 55 heavy (non-hydrogen) atoms. The maximum Gasteiger partial charge on any atom is 0.326 e. The molecule has 0 bridgehead atoms. The van der Waals surface area contributed by atoms with E-state index in [1.807, 2.05) is 12.2 Å². The van der Waals surface area contributed by atoms with Gasteiger partial charge >= 0.3 is 11.9 Å². The van der Waals surface area contributed by atoms with E-state index in [0.29, 0.717) is 32.2 Å². The zero-order valence-electron chi connectivity index (χ0n) is 35.5. The third-order valence-electron chi connectivity index (χ3n) is 9.88. The monoisotopic (exact) mass is 769 g/mol. The van der Waals surface area contributed by atoms with Gasteiger partial charge in [-0.25, -0.2) is 4.79 Å². The number of ether oxygens (including phenoxy) is 1. The smallest absolute Gasteiger partial charge is 0.326 e. The number of carbonyl (C=O) groups is 3. The van der Waals surface area contributed by atoms with Gasteiger partial charge in [-0.15, -0.1) is 0 Å². The molecule has 1 amide bonds. The molecule has 0 aliphatic rings. The van der Waals surface area contributed by atoms with Crippen LogP contribution in [0, 0.1) is 0 Å². The Labute approximate surface area is 338 Å². The van der Waals surface area contributed by atoms with Crippen LogP contribution in [0.2, 0.25) is 0 Å². The number of rotatable bonds is 40. The highest BCUT2D eigenvalue weighted by molar-refractivity contribution is 5.83. The topological polar surface area (TPSA) is 119 Å². The number of nitrogens with one attached hydrogen (secondary N) is 1. The van der Waals surface area contributed by atoms with Crippen LogP contribution in [0.4, 0.5) is 0 Å². The van der Waals surface area contributed by atoms with Crippen LogP contribution >= 0.6 is 0 Å². The van der Waals surface area contributed by atoms with E-state index in [-0.39, 0.29) is 18.0 Å². The van der Waals surface area contributed by atoms with E-state index in [9.17, 15) is 19.5 Å². The zero-order chi connectivity index (χ0) is 40.3. The maximum absolute atomic E-state index is 12.8. The van der Waals surface area contributed by atoms with Crippen molar-refractivity contribution in [3.63, 3.8) is 0 Å². The van der Waals surface area contributed by atoms with Gasteiger partial charge in [-0.1, -0.05) is 177 Å². The lowest BCUT2D eigenvalue weighted by Crippen LogP contribution is -2.40. The summed E-state index contributed by atoms with van der Waals surface area (Å²) in [6, 6.07) is -0.864. The molecule has 0 heterocycles. The van der Waals surface area contributed by atoms with Gasteiger partial charge in [-0.05, 0) is 83.6 Å². The number of aliphatic carboxylic acids is 1. The first-order valence-electron chi connectivity index (χ1n) is 22.6. The molecule has 0 spiro atoms. The second-order valence-corrected chi connectivity index (χ2v) is 15.1. The second-order valence-electron chi connectivity index (χ2n) is 15.1. The van der Waals surface area contributed by atoms with Crippen molar-refractivity contribution in [2.75, 3.05) is 6.54 Å². The molecule has 0 saturated heterocycles. The Kier molecular flexibility index (Phi) is 40.0. The van der Waals surface area contributed by atoms with Crippen LogP contribution in [0.5, 0.6) is 0 Å².